The second-order valence-electron chi connectivity index (χ2n) is 5.01. The molecular formula is C18H19NS. The fourth-order valence-corrected chi connectivity index (χ4v) is 3.70. The summed E-state index contributed by atoms with van der Waals surface area (Å²) in [4.78, 5) is 0. The molecule has 0 radical (unpaired) electrons. The van der Waals surface area contributed by atoms with Crippen molar-refractivity contribution in [2.45, 2.75) is 19.4 Å². The molecule has 20 heavy (non-hydrogen) atoms. The van der Waals surface area contributed by atoms with Gasteiger partial charge in [0.2, 0.25) is 0 Å². The molecule has 1 nitrogen and oxygen atoms in total. The predicted octanol–water partition coefficient (Wildman–Crippen LogP) is 4.77. The average Bonchev–Trinajstić information content (AvgIpc) is 2.93. The molecule has 3 rings (SSSR count). The summed E-state index contributed by atoms with van der Waals surface area (Å²) in [6.45, 7) is 2.20. The van der Waals surface area contributed by atoms with Crippen molar-refractivity contribution in [3.8, 4) is 0 Å². The van der Waals surface area contributed by atoms with Gasteiger partial charge in [-0.3, -0.25) is 0 Å². The van der Waals surface area contributed by atoms with Gasteiger partial charge in [0.1, 0.15) is 0 Å². The minimum absolute atomic E-state index is 0.262. The van der Waals surface area contributed by atoms with E-state index in [1.54, 1.807) is 0 Å². The van der Waals surface area contributed by atoms with Crippen LogP contribution >= 0.6 is 11.3 Å². The SMILES string of the molecule is CCc1cccc(C(NC)c2csc3ccccc23)c1. The lowest BCUT2D eigenvalue weighted by molar-refractivity contribution is 0.697. The number of rotatable bonds is 4. The Hall–Kier alpha value is -1.64. The van der Waals surface area contributed by atoms with E-state index in [1.807, 2.05) is 18.4 Å². The highest BCUT2D eigenvalue weighted by Gasteiger charge is 2.16. The van der Waals surface area contributed by atoms with Gasteiger partial charge in [0.15, 0.2) is 0 Å². The molecule has 2 aromatic carbocycles. The molecule has 0 saturated heterocycles. The lowest BCUT2D eigenvalue weighted by Crippen LogP contribution is -2.17. The quantitative estimate of drug-likeness (QED) is 0.726. The Morgan fingerprint density at radius 2 is 1.95 bits per heavy atom. The predicted molar refractivity (Wildman–Crippen MR) is 88.5 cm³/mol. The van der Waals surface area contributed by atoms with E-state index in [0.717, 1.165) is 6.42 Å². The second kappa shape index (κ2) is 5.78. The summed E-state index contributed by atoms with van der Waals surface area (Å²) in [7, 11) is 2.04. The fourth-order valence-electron chi connectivity index (χ4n) is 2.72. The van der Waals surface area contributed by atoms with E-state index in [4.69, 9.17) is 0 Å². The Morgan fingerprint density at radius 1 is 1.10 bits per heavy atom. The zero-order valence-electron chi connectivity index (χ0n) is 11.9. The molecule has 102 valence electrons. The number of aryl methyl sites for hydroxylation is 1. The number of hydrogen-bond acceptors (Lipinski definition) is 2. The van der Waals surface area contributed by atoms with Gasteiger partial charge in [-0.05, 0) is 47.0 Å². The second-order valence-corrected chi connectivity index (χ2v) is 5.92. The van der Waals surface area contributed by atoms with E-state index in [2.05, 4.69) is 66.2 Å². The van der Waals surface area contributed by atoms with Crippen LogP contribution in [0.4, 0.5) is 0 Å². The number of fused-ring (bicyclic) bond motifs is 1. The standard InChI is InChI=1S/C18H19NS/c1-3-13-7-6-8-14(11-13)18(19-2)16-12-20-17-10-5-4-9-15(16)17/h4-12,18-19H,3H2,1-2H3. The summed E-state index contributed by atoms with van der Waals surface area (Å²) in [5, 5.41) is 7.11. The molecule has 1 unspecified atom stereocenters. The molecule has 0 aliphatic heterocycles. The zero-order chi connectivity index (χ0) is 13.9. The van der Waals surface area contributed by atoms with Crippen LogP contribution < -0.4 is 5.32 Å². The van der Waals surface area contributed by atoms with Gasteiger partial charge in [-0.2, -0.15) is 0 Å². The highest BCUT2D eigenvalue weighted by molar-refractivity contribution is 7.17. The van der Waals surface area contributed by atoms with Gasteiger partial charge < -0.3 is 5.32 Å². The first-order chi connectivity index (χ1) is 9.83. The van der Waals surface area contributed by atoms with Crippen LogP contribution in [0.2, 0.25) is 0 Å². The highest BCUT2D eigenvalue weighted by Crippen LogP contribution is 2.33. The molecule has 1 aromatic heterocycles. The van der Waals surface area contributed by atoms with E-state index in [9.17, 15) is 0 Å². The van der Waals surface area contributed by atoms with Crippen molar-refractivity contribution in [1.82, 2.24) is 5.32 Å². The monoisotopic (exact) mass is 281 g/mol. The van der Waals surface area contributed by atoms with Crippen molar-refractivity contribution in [1.29, 1.82) is 0 Å². The van der Waals surface area contributed by atoms with Crippen LogP contribution in [0.15, 0.2) is 53.9 Å². The van der Waals surface area contributed by atoms with Crippen molar-refractivity contribution in [2.24, 2.45) is 0 Å². The van der Waals surface area contributed by atoms with E-state index in [-0.39, 0.29) is 6.04 Å². The lowest BCUT2D eigenvalue weighted by atomic mass is 9.96. The van der Waals surface area contributed by atoms with E-state index < -0.39 is 0 Å². The summed E-state index contributed by atoms with van der Waals surface area (Å²) >= 11 is 1.82. The Bertz CT molecular complexity index is 714. The van der Waals surface area contributed by atoms with E-state index >= 15 is 0 Å². The maximum atomic E-state index is 3.47. The zero-order valence-corrected chi connectivity index (χ0v) is 12.7. The Labute approximate surface area is 124 Å². The summed E-state index contributed by atoms with van der Waals surface area (Å²) in [5.41, 5.74) is 4.11. The number of nitrogens with one attached hydrogen (secondary N) is 1. The Kier molecular flexibility index (Phi) is 3.86. The molecule has 0 amide bonds. The molecule has 1 N–H and O–H groups in total. The first-order valence-corrected chi connectivity index (χ1v) is 7.93. The molecule has 3 aromatic rings. The smallest absolute Gasteiger partial charge is 0.0588 e. The van der Waals surface area contributed by atoms with Gasteiger partial charge in [-0.25, -0.2) is 0 Å². The normalized spacial score (nSPS) is 12.7. The molecule has 0 fully saturated rings. The molecule has 2 heteroatoms. The molecule has 0 saturated carbocycles. The maximum Gasteiger partial charge on any atom is 0.0588 e. The van der Waals surface area contributed by atoms with Gasteiger partial charge in [0, 0.05) is 4.70 Å². The van der Waals surface area contributed by atoms with Crippen molar-refractivity contribution in [2.75, 3.05) is 7.05 Å². The van der Waals surface area contributed by atoms with Crippen LogP contribution in [0.25, 0.3) is 10.1 Å². The van der Waals surface area contributed by atoms with Gasteiger partial charge in [-0.1, -0.05) is 49.4 Å². The molecular weight excluding hydrogens is 262 g/mol. The van der Waals surface area contributed by atoms with Crippen LogP contribution in [0, 0.1) is 0 Å². The molecule has 0 aliphatic carbocycles. The Morgan fingerprint density at radius 3 is 2.75 bits per heavy atom. The minimum Gasteiger partial charge on any atom is -0.309 e. The van der Waals surface area contributed by atoms with Crippen LogP contribution in [0.1, 0.15) is 29.7 Å². The third-order valence-corrected chi connectivity index (χ3v) is 4.78. The average molecular weight is 281 g/mol. The van der Waals surface area contributed by atoms with Gasteiger partial charge >= 0.3 is 0 Å². The van der Waals surface area contributed by atoms with Crippen molar-refractivity contribution in [3.63, 3.8) is 0 Å². The van der Waals surface area contributed by atoms with Gasteiger partial charge in [0.05, 0.1) is 6.04 Å². The van der Waals surface area contributed by atoms with Crippen molar-refractivity contribution >= 4 is 21.4 Å². The van der Waals surface area contributed by atoms with Crippen LogP contribution in [0.3, 0.4) is 0 Å². The van der Waals surface area contributed by atoms with Crippen molar-refractivity contribution in [3.05, 3.63) is 70.6 Å². The number of hydrogen-bond donors (Lipinski definition) is 1. The molecule has 0 bridgehead atoms. The maximum absolute atomic E-state index is 3.47. The molecule has 1 heterocycles. The molecule has 0 spiro atoms. The largest absolute Gasteiger partial charge is 0.309 e. The minimum atomic E-state index is 0.262. The van der Waals surface area contributed by atoms with Crippen LogP contribution in [-0.4, -0.2) is 7.05 Å². The fraction of sp³-hybridized carbons (Fsp3) is 0.222. The first-order valence-electron chi connectivity index (χ1n) is 7.05. The molecule has 0 aliphatic rings. The third-order valence-electron chi connectivity index (χ3n) is 3.80. The van der Waals surface area contributed by atoms with Crippen LogP contribution in [0.5, 0.6) is 0 Å². The van der Waals surface area contributed by atoms with Gasteiger partial charge in [-0.15, -0.1) is 11.3 Å². The summed E-state index contributed by atoms with van der Waals surface area (Å²) in [6.07, 6.45) is 1.08. The highest BCUT2D eigenvalue weighted by atomic mass is 32.1. The summed E-state index contributed by atoms with van der Waals surface area (Å²) < 4.78 is 1.36. The first kappa shape index (κ1) is 13.3. The van der Waals surface area contributed by atoms with Crippen molar-refractivity contribution < 1.29 is 0 Å². The summed E-state index contributed by atoms with van der Waals surface area (Å²) in [6, 6.07) is 17.8. The lowest BCUT2D eigenvalue weighted by Gasteiger charge is -2.17. The summed E-state index contributed by atoms with van der Waals surface area (Å²) in [5.74, 6) is 0. The molecule has 1 atom stereocenters. The van der Waals surface area contributed by atoms with E-state index in [0.29, 0.717) is 0 Å². The van der Waals surface area contributed by atoms with Crippen LogP contribution in [-0.2, 0) is 6.42 Å². The van der Waals surface area contributed by atoms with Gasteiger partial charge in [0.25, 0.3) is 0 Å². The number of benzene rings is 2. The number of thiophene rings is 1. The topological polar surface area (TPSA) is 12.0 Å². The Balaban J connectivity index is 2.09. The third kappa shape index (κ3) is 2.37. The van der Waals surface area contributed by atoms with E-state index in [1.165, 1.54) is 26.8 Å².